The van der Waals surface area contributed by atoms with E-state index in [1.54, 1.807) is 0 Å². The quantitative estimate of drug-likeness (QED) is 0.633. The normalized spacial score (nSPS) is 59.1. The van der Waals surface area contributed by atoms with Gasteiger partial charge in [0, 0.05) is 30.5 Å². The lowest BCUT2D eigenvalue weighted by Gasteiger charge is -2.65. The summed E-state index contributed by atoms with van der Waals surface area (Å²) in [7, 11) is 0. The molecule has 1 aliphatic carbocycles. The lowest BCUT2D eigenvalue weighted by atomic mass is 9.54. The predicted molar refractivity (Wildman–Crippen MR) is 56.0 cm³/mol. The summed E-state index contributed by atoms with van der Waals surface area (Å²) in [5.41, 5.74) is 0.0208. The molecule has 1 saturated carbocycles. The van der Waals surface area contributed by atoms with Gasteiger partial charge < -0.3 is 5.11 Å². The monoisotopic (exact) mass is 195 g/mol. The first-order chi connectivity index (χ1) is 6.42. The van der Waals surface area contributed by atoms with Crippen LogP contribution < -0.4 is 0 Å². The van der Waals surface area contributed by atoms with Gasteiger partial charge in [0.1, 0.15) is 0 Å². The highest BCUT2D eigenvalue weighted by atomic mass is 16.3. The minimum Gasteiger partial charge on any atom is -0.390 e. The summed E-state index contributed by atoms with van der Waals surface area (Å²) in [5.74, 6) is 1.89. The molecular formula is C12H21NO. The Labute approximate surface area is 86.3 Å². The molecule has 0 aromatic rings. The van der Waals surface area contributed by atoms with Crippen molar-refractivity contribution in [2.24, 2.45) is 17.8 Å². The lowest BCUT2D eigenvalue weighted by molar-refractivity contribution is -0.213. The van der Waals surface area contributed by atoms with Gasteiger partial charge in [-0.15, -0.1) is 0 Å². The minimum absolute atomic E-state index is 0.372. The third-order valence-corrected chi connectivity index (χ3v) is 5.49. The molecule has 2 heteroatoms. The summed E-state index contributed by atoms with van der Waals surface area (Å²) >= 11 is 0. The Hall–Kier alpha value is -0.0800. The van der Waals surface area contributed by atoms with Crippen molar-refractivity contribution in [1.82, 2.24) is 4.90 Å². The molecule has 14 heavy (non-hydrogen) atoms. The van der Waals surface area contributed by atoms with Crippen molar-refractivity contribution in [2.45, 2.75) is 44.8 Å². The average molecular weight is 195 g/mol. The van der Waals surface area contributed by atoms with E-state index in [1.165, 1.54) is 12.8 Å². The van der Waals surface area contributed by atoms with Crippen molar-refractivity contribution in [2.75, 3.05) is 13.1 Å². The van der Waals surface area contributed by atoms with Gasteiger partial charge in [-0.1, -0.05) is 0 Å². The topological polar surface area (TPSA) is 23.5 Å². The van der Waals surface area contributed by atoms with Gasteiger partial charge in [0.15, 0.2) is 0 Å². The van der Waals surface area contributed by atoms with Crippen molar-refractivity contribution >= 4 is 0 Å². The summed E-state index contributed by atoms with van der Waals surface area (Å²) in [5, 5.41) is 10.4. The van der Waals surface area contributed by atoms with Crippen LogP contribution in [0.4, 0.5) is 0 Å². The summed E-state index contributed by atoms with van der Waals surface area (Å²) in [6.45, 7) is 9.06. The molecule has 3 heterocycles. The molecule has 2 atom stereocenters. The average Bonchev–Trinajstić information content (AvgIpc) is 1.98. The van der Waals surface area contributed by atoms with Crippen LogP contribution in [0.2, 0.25) is 0 Å². The molecule has 2 nitrogen and oxygen atoms in total. The molecule has 2 unspecified atom stereocenters. The molecule has 4 aliphatic rings. The van der Waals surface area contributed by atoms with Crippen LogP contribution in [0.5, 0.6) is 0 Å². The van der Waals surface area contributed by atoms with Crippen LogP contribution in [0.15, 0.2) is 0 Å². The van der Waals surface area contributed by atoms with Gasteiger partial charge >= 0.3 is 0 Å². The van der Waals surface area contributed by atoms with E-state index in [-0.39, 0.29) is 5.60 Å². The van der Waals surface area contributed by atoms with Gasteiger partial charge in [0.2, 0.25) is 0 Å². The number of aliphatic hydroxyl groups is 1. The van der Waals surface area contributed by atoms with E-state index in [9.17, 15) is 5.11 Å². The van der Waals surface area contributed by atoms with E-state index >= 15 is 0 Å². The molecule has 0 aromatic heterocycles. The predicted octanol–water partition coefficient (Wildman–Crippen LogP) is 1.49. The third-order valence-electron chi connectivity index (χ3n) is 5.49. The van der Waals surface area contributed by atoms with Crippen molar-refractivity contribution in [1.29, 1.82) is 0 Å². The van der Waals surface area contributed by atoms with Crippen molar-refractivity contribution < 1.29 is 5.11 Å². The van der Waals surface area contributed by atoms with E-state index in [1.807, 2.05) is 0 Å². The van der Waals surface area contributed by atoms with Crippen LogP contribution in [-0.2, 0) is 0 Å². The van der Waals surface area contributed by atoms with E-state index in [4.69, 9.17) is 0 Å². The number of piperidine rings is 3. The maximum absolute atomic E-state index is 10.4. The van der Waals surface area contributed by atoms with E-state index in [2.05, 4.69) is 25.7 Å². The van der Waals surface area contributed by atoms with Gasteiger partial charge in [-0.3, -0.25) is 4.90 Å². The fourth-order valence-electron chi connectivity index (χ4n) is 4.02. The molecule has 3 aliphatic heterocycles. The summed E-state index contributed by atoms with van der Waals surface area (Å²) < 4.78 is 0. The van der Waals surface area contributed by atoms with Crippen LogP contribution in [0.25, 0.3) is 0 Å². The van der Waals surface area contributed by atoms with Crippen LogP contribution in [0.1, 0.15) is 33.6 Å². The first-order valence-electron chi connectivity index (χ1n) is 5.90. The van der Waals surface area contributed by atoms with Crippen LogP contribution in [0.3, 0.4) is 0 Å². The highest BCUT2D eigenvalue weighted by Gasteiger charge is 2.59. The first kappa shape index (κ1) is 9.17. The molecule has 4 bridgehead atoms. The van der Waals surface area contributed by atoms with Crippen LogP contribution in [0, 0.1) is 17.8 Å². The second kappa shape index (κ2) is 2.35. The maximum atomic E-state index is 10.4. The minimum atomic E-state index is -0.372. The Morgan fingerprint density at radius 3 is 1.93 bits per heavy atom. The second-order valence-corrected chi connectivity index (χ2v) is 6.35. The van der Waals surface area contributed by atoms with Crippen LogP contribution >= 0.6 is 0 Å². The zero-order valence-corrected chi connectivity index (χ0v) is 9.45. The van der Waals surface area contributed by atoms with E-state index in [0.717, 1.165) is 19.0 Å². The SMILES string of the molecule is CC1(O)C2CC3CC1CN(C2)C3(C)C. The zero-order chi connectivity index (χ0) is 10.1. The highest BCUT2D eigenvalue weighted by molar-refractivity contribution is 5.12. The highest BCUT2D eigenvalue weighted by Crippen LogP contribution is 2.55. The van der Waals surface area contributed by atoms with Gasteiger partial charge in [0.05, 0.1) is 5.60 Å². The summed E-state index contributed by atoms with van der Waals surface area (Å²) in [4.78, 5) is 2.61. The van der Waals surface area contributed by atoms with E-state index < -0.39 is 0 Å². The fraction of sp³-hybridized carbons (Fsp3) is 1.00. The number of nitrogens with zero attached hydrogens (tertiary/aromatic N) is 1. The maximum Gasteiger partial charge on any atom is 0.0700 e. The summed E-state index contributed by atoms with van der Waals surface area (Å²) in [6.07, 6.45) is 2.49. The van der Waals surface area contributed by atoms with Crippen LogP contribution in [-0.4, -0.2) is 34.2 Å². The largest absolute Gasteiger partial charge is 0.390 e. The Kier molecular flexibility index (Phi) is 1.54. The Bertz CT molecular complexity index is 211. The van der Waals surface area contributed by atoms with Gasteiger partial charge in [-0.2, -0.15) is 0 Å². The van der Waals surface area contributed by atoms with Crippen molar-refractivity contribution in [3.8, 4) is 0 Å². The molecular weight excluding hydrogens is 174 g/mol. The van der Waals surface area contributed by atoms with Gasteiger partial charge in [0.25, 0.3) is 0 Å². The standard InChI is InChI=1S/C12H21NO/c1-11(2)8-4-9-6-13(11)7-10(5-8)12(9,3)14/h8-10,14H,4-7H2,1-3H3. The first-order valence-corrected chi connectivity index (χ1v) is 5.90. The zero-order valence-electron chi connectivity index (χ0n) is 9.45. The third kappa shape index (κ3) is 0.892. The lowest BCUT2D eigenvalue weighted by Crippen LogP contribution is -2.72. The van der Waals surface area contributed by atoms with Gasteiger partial charge in [-0.25, -0.2) is 0 Å². The molecule has 0 amide bonds. The Morgan fingerprint density at radius 2 is 1.50 bits per heavy atom. The molecule has 3 saturated heterocycles. The number of hydrogen-bond acceptors (Lipinski definition) is 2. The second-order valence-electron chi connectivity index (χ2n) is 6.35. The fourth-order valence-corrected chi connectivity index (χ4v) is 4.02. The number of rotatable bonds is 0. The summed E-state index contributed by atoms with van der Waals surface area (Å²) in [6, 6.07) is 0. The Morgan fingerprint density at radius 1 is 1.00 bits per heavy atom. The molecule has 0 spiro atoms. The molecule has 4 fully saturated rings. The van der Waals surface area contributed by atoms with E-state index in [0.29, 0.717) is 17.4 Å². The smallest absolute Gasteiger partial charge is 0.0700 e. The molecule has 1 N–H and O–H groups in total. The molecule has 0 aromatic carbocycles. The van der Waals surface area contributed by atoms with Crippen molar-refractivity contribution in [3.05, 3.63) is 0 Å². The molecule has 0 radical (unpaired) electrons. The Balaban J connectivity index is 1.98. The van der Waals surface area contributed by atoms with Gasteiger partial charge in [-0.05, 0) is 39.5 Å². The number of hydrogen-bond donors (Lipinski definition) is 1. The molecule has 80 valence electrons. The van der Waals surface area contributed by atoms with Crippen molar-refractivity contribution in [3.63, 3.8) is 0 Å². The molecule has 4 rings (SSSR count).